The molecule has 1 aromatic heterocycles. The molecule has 0 unspecified atom stereocenters. The molecule has 0 saturated heterocycles. The Hall–Kier alpha value is -3.88. The van der Waals surface area contributed by atoms with Crippen LogP contribution < -0.4 is 16.4 Å². The molecule has 216 valence electrons. The third kappa shape index (κ3) is 4.41. The van der Waals surface area contributed by atoms with Crippen molar-refractivity contribution in [2.45, 2.75) is 50.8 Å². The summed E-state index contributed by atoms with van der Waals surface area (Å²) in [7, 11) is 2.95. The SMILES string of the molecule is CN(C)[C@@H]1C(=O)C(C(N)=O)=C(O)[C@@]2(O)C(=O)C3=C(O)c4c(O)c(NC(=O)CNC(C)(C)C)nc(F)c4C[C@H]3C[C@@H]12. The van der Waals surface area contributed by atoms with Crippen LogP contribution in [0, 0.1) is 17.8 Å². The monoisotopic (exact) mass is 561 g/mol. The smallest absolute Gasteiger partial charge is 0.255 e. The number of aromatic nitrogens is 1. The van der Waals surface area contributed by atoms with E-state index in [4.69, 9.17) is 5.73 Å². The zero-order valence-corrected chi connectivity index (χ0v) is 22.6. The highest BCUT2D eigenvalue weighted by atomic mass is 19.1. The number of nitrogens with one attached hydrogen (secondary N) is 2. The standard InChI is InChI=1S/C26H32FN5O8/c1-25(2,3)29-8-12(33)30-24-19(36)14-10(22(27)31-24)6-9-7-11-16(32(4)5)18(35)15(23(28)39)21(38)26(11,40)20(37)13(9)17(14)34/h9,11,16,29,34,36,38,40H,6-8H2,1-5H3,(H2,28,39)(H,30,31,33)/t9-,11-,16-,26-/m0/s1. The Morgan fingerprint density at radius 2 is 1.82 bits per heavy atom. The van der Waals surface area contributed by atoms with Gasteiger partial charge < -0.3 is 36.8 Å². The maximum Gasteiger partial charge on any atom is 0.255 e. The van der Waals surface area contributed by atoms with E-state index in [-0.39, 0.29) is 24.9 Å². The number of rotatable bonds is 5. The number of hydrogen-bond donors (Lipinski definition) is 7. The van der Waals surface area contributed by atoms with Crippen LogP contribution in [0.3, 0.4) is 0 Å². The highest BCUT2D eigenvalue weighted by Gasteiger charge is 2.64. The largest absolute Gasteiger partial charge is 0.508 e. The van der Waals surface area contributed by atoms with E-state index in [1.807, 2.05) is 20.8 Å². The predicted octanol–water partition coefficient (Wildman–Crippen LogP) is -0.175. The minimum absolute atomic E-state index is 0.192. The summed E-state index contributed by atoms with van der Waals surface area (Å²) in [5.41, 5.74) is -0.0775. The average Bonchev–Trinajstić information content (AvgIpc) is 2.82. The molecule has 0 spiro atoms. The topological polar surface area (TPSA) is 215 Å². The maximum atomic E-state index is 15.2. The molecule has 1 fully saturated rings. The number of primary amides is 1. The molecule has 4 rings (SSSR count). The average molecular weight is 562 g/mol. The highest BCUT2D eigenvalue weighted by Crippen LogP contribution is 2.53. The number of nitrogens with two attached hydrogens (primary N) is 1. The summed E-state index contributed by atoms with van der Waals surface area (Å²) in [4.78, 5) is 56.3. The molecule has 3 aliphatic rings. The molecule has 4 atom stereocenters. The van der Waals surface area contributed by atoms with Crippen LogP contribution in [0.2, 0.25) is 0 Å². The molecule has 3 aliphatic carbocycles. The van der Waals surface area contributed by atoms with Crippen LogP contribution in [0.1, 0.15) is 38.3 Å². The third-order valence-corrected chi connectivity index (χ3v) is 7.57. The number of anilines is 1. The van der Waals surface area contributed by atoms with Crippen molar-refractivity contribution in [1.29, 1.82) is 0 Å². The molecule has 1 saturated carbocycles. The molecule has 2 amide bonds. The second kappa shape index (κ2) is 9.64. The van der Waals surface area contributed by atoms with Crippen molar-refractivity contribution in [2.24, 2.45) is 17.6 Å². The number of hydrogen-bond acceptors (Lipinski definition) is 11. The first kappa shape index (κ1) is 29.1. The van der Waals surface area contributed by atoms with E-state index in [0.717, 1.165) is 0 Å². The molecular weight excluding hydrogens is 529 g/mol. The van der Waals surface area contributed by atoms with Crippen LogP contribution in [-0.2, 0) is 25.6 Å². The third-order valence-electron chi connectivity index (χ3n) is 7.57. The summed E-state index contributed by atoms with van der Waals surface area (Å²) in [6, 6.07) is -1.26. The number of nitrogens with zero attached hydrogens (tertiary/aromatic N) is 2. The van der Waals surface area contributed by atoms with E-state index < -0.39 is 98.1 Å². The Kier molecular flexibility index (Phi) is 7.02. The van der Waals surface area contributed by atoms with Crippen LogP contribution in [0.5, 0.6) is 5.75 Å². The minimum Gasteiger partial charge on any atom is -0.508 e. The van der Waals surface area contributed by atoms with Crippen molar-refractivity contribution in [1.82, 2.24) is 15.2 Å². The first-order valence-corrected chi connectivity index (χ1v) is 12.5. The van der Waals surface area contributed by atoms with Crippen molar-refractivity contribution in [3.8, 4) is 5.75 Å². The van der Waals surface area contributed by atoms with Gasteiger partial charge in [0, 0.05) is 22.6 Å². The lowest BCUT2D eigenvalue weighted by molar-refractivity contribution is -0.153. The van der Waals surface area contributed by atoms with Gasteiger partial charge in [-0.15, -0.1) is 0 Å². The number of likely N-dealkylation sites (N-methyl/N-ethyl adjacent to an activating group) is 1. The Morgan fingerprint density at radius 1 is 1.20 bits per heavy atom. The van der Waals surface area contributed by atoms with Gasteiger partial charge in [-0.1, -0.05) is 0 Å². The quantitative estimate of drug-likeness (QED) is 0.185. The first-order chi connectivity index (χ1) is 18.4. The molecule has 13 nitrogen and oxygen atoms in total. The number of fused-ring (bicyclic) bond motifs is 3. The van der Waals surface area contributed by atoms with Gasteiger partial charge in [-0.05, 0) is 53.6 Å². The highest BCUT2D eigenvalue weighted by molar-refractivity contribution is 6.24. The Morgan fingerprint density at radius 3 is 2.38 bits per heavy atom. The summed E-state index contributed by atoms with van der Waals surface area (Å²) in [6.07, 6.45) is -0.455. The van der Waals surface area contributed by atoms with Crippen molar-refractivity contribution < 1.29 is 44.0 Å². The fourth-order valence-electron chi connectivity index (χ4n) is 5.77. The maximum absolute atomic E-state index is 15.2. The summed E-state index contributed by atoms with van der Waals surface area (Å²) >= 11 is 0. The zero-order valence-electron chi connectivity index (χ0n) is 22.6. The van der Waals surface area contributed by atoms with Crippen molar-refractivity contribution in [3.05, 3.63) is 34.0 Å². The normalized spacial score (nSPS) is 26.4. The molecule has 0 radical (unpaired) electrons. The number of aromatic hydroxyl groups is 1. The van der Waals surface area contributed by atoms with Gasteiger partial charge in [0.25, 0.3) is 5.91 Å². The van der Waals surface area contributed by atoms with E-state index in [2.05, 4.69) is 15.6 Å². The van der Waals surface area contributed by atoms with Gasteiger partial charge in [0.15, 0.2) is 23.0 Å². The number of carbonyl (C=O) groups is 4. The summed E-state index contributed by atoms with van der Waals surface area (Å²) in [5.74, 6) is -11.0. The lowest BCUT2D eigenvalue weighted by Crippen LogP contribution is -2.65. The van der Waals surface area contributed by atoms with Gasteiger partial charge in [0.1, 0.15) is 17.1 Å². The number of Topliss-reactive ketones (excluding diaryl/α,β-unsaturated/α-hetero) is 2. The first-order valence-electron chi connectivity index (χ1n) is 12.5. The van der Waals surface area contributed by atoms with Gasteiger partial charge in [0.05, 0.1) is 18.2 Å². The van der Waals surface area contributed by atoms with Crippen molar-refractivity contribution >= 4 is 35.0 Å². The summed E-state index contributed by atoms with van der Waals surface area (Å²) in [6.45, 7) is 5.25. The molecule has 0 bridgehead atoms. The number of aliphatic hydroxyl groups is 3. The zero-order chi connectivity index (χ0) is 30.1. The van der Waals surface area contributed by atoms with Gasteiger partial charge in [-0.2, -0.15) is 9.37 Å². The molecule has 40 heavy (non-hydrogen) atoms. The van der Waals surface area contributed by atoms with E-state index >= 15 is 4.39 Å². The van der Waals surface area contributed by atoms with Gasteiger partial charge in [0.2, 0.25) is 17.6 Å². The number of carbonyl (C=O) groups excluding carboxylic acids is 4. The van der Waals surface area contributed by atoms with E-state index in [1.54, 1.807) is 0 Å². The molecule has 8 N–H and O–H groups in total. The molecule has 1 aromatic rings. The predicted molar refractivity (Wildman–Crippen MR) is 138 cm³/mol. The molecule has 0 aliphatic heterocycles. The number of aliphatic hydroxyl groups excluding tert-OH is 2. The van der Waals surface area contributed by atoms with Crippen molar-refractivity contribution in [3.63, 3.8) is 0 Å². The van der Waals surface area contributed by atoms with Crippen LogP contribution in [0.4, 0.5) is 10.2 Å². The number of ketones is 2. The Bertz CT molecular complexity index is 1410. The molecule has 0 aromatic carbocycles. The van der Waals surface area contributed by atoms with Gasteiger partial charge in [-0.25, -0.2) is 0 Å². The molecule has 14 heteroatoms. The summed E-state index contributed by atoms with van der Waals surface area (Å²) in [5, 5.41) is 49.7. The van der Waals surface area contributed by atoms with Crippen LogP contribution >= 0.6 is 0 Å². The number of amides is 2. The minimum atomic E-state index is -2.82. The molecular formula is C26H32FN5O8. The lowest BCUT2D eigenvalue weighted by Gasteiger charge is -2.50. The fraction of sp³-hybridized carbons (Fsp3) is 0.500. The second-order valence-corrected chi connectivity index (χ2v) is 11.6. The fourth-order valence-corrected chi connectivity index (χ4v) is 5.77. The van der Waals surface area contributed by atoms with Crippen LogP contribution in [-0.4, -0.2) is 91.5 Å². The second-order valence-electron chi connectivity index (χ2n) is 11.6. The van der Waals surface area contributed by atoms with Crippen molar-refractivity contribution in [2.75, 3.05) is 26.0 Å². The van der Waals surface area contributed by atoms with E-state index in [9.17, 15) is 39.6 Å². The van der Waals surface area contributed by atoms with Gasteiger partial charge in [-0.3, -0.25) is 24.1 Å². The number of halogens is 1. The summed E-state index contributed by atoms with van der Waals surface area (Å²) < 4.78 is 15.2. The lowest BCUT2D eigenvalue weighted by atomic mass is 9.57. The van der Waals surface area contributed by atoms with Gasteiger partial charge >= 0.3 is 0 Å². The van der Waals surface area contributed by atoms with Crippen LogP contribution in [0.25, 0.3) is 5.76 Å². The number of pyridine rings is 1. The Labute approximate surface area is 228 Å². The van der Waals surface area contributed by atoms with E-state index in [1.165, 1.54) is 19.0 Å². The molecule has 1 heterocycles. The Balaban J connectivity index is 1.84. The van der Waals surface area contributed by atoms with E-state index in [0.29, 0.717) is 0 Å². The van der Waals surface area contributed by atoms with Crippen LogP contribution in [0.15, 0.2) is 16.9 Å².